The highest BCUT2D eigenvalue weighted by molar-refractivity contribution is 5.76. The summed E-state index contributed by atoms with van der Waals surface area (Å²) in [6.45, 7) is 2.50. The maximum atomic E-state index is 11.7. The molecule has 0 aliphatic carbocycles. The molecule has 0 unspecified atom stereocenters. The van der Waals surface area contributed by atoms with Crippen molar-refractivity contribution in [3.8, 4) is 0 Å². The Hall–Kier alpha value is -2.21. The van der Waals surface area contributed by atoms with Crippen LogP contribution in [0.25, 0.3) is 0 Å². The molecule has 6 nitrogen and oxygen atoms in total. The lowest BCUT2D eigenvalue weighted by molar-refractivity contribution is -0.121. The molecular weight excluding hydrogens is 266 g/mol. The fourth-order valence-corrected chi connectivity index (χ4v) is 2.80. The molecular formula is C15H19N5O. The van der Waals surface area contributed by atoms with Crippen molar-refractivity contribution < 1.29 is 4.79 Å². The van der Waals surface area contributed by atoms with Crippen molar-refractivity contribution in [2.45, 2.75) is 25.6 Å². The number of carbonyl (C=O) groups is 1. The fraction of sp³-hybridized carbons (Fsp3) is 0.400. The lowest BCUT2D eigenvalue weighted by Gasteiger charge is -2.33. The van der Waals surface area contributed by atoms with Crippen LogP contribution in [0.1, 0.15) is 23.7 Å². The van der Waals surface area contributed by atoms with E-state index in [-0.39, 0.29) is 11.9 Å². The van der Waals surface area contributed by atoms with Crippen molar-refractivity contribution in [2.24, 2.45) is 0 Å². The molecule has 1 aliphatic heterocycles. The third-order valence-corrected chi connectivity index (χ3v) is 3.78. The van der Waals surface area contributed by atoms with Gasteiger partial charge in [0, 0.05) is 45.3 Å². The number of carbonyl (C=O) groups excluding carboxylic acids is 1. The first kappa shape index (κ1) is 13.8. The second kappa shape index (κ2) is 6.05. The van der Waals surface area contributed by atoms with Crippen LogP contribution in [-0.4, -0.2) is 39.2 Å². The van der Waals surface area contributed by atoms with E-state index < -0.39 is 0 Å². The van der Waals surface area contributed by atoms with Gasteiger partial charge < -0.3 is 5.32 Å². The second-order valence-electron chi connectivity index (χ2n) is 5.33. The van der Waals surface area contributed by atoms with Crippen LogP contribution in [0, 0.1) is 0 Å². The molecule has 2 aromatic heterocycles. The number of pyridine rings is 1. The Kier molecular flexibility index (Phi) is 3.96. The summed E-state index contributed by atoms with van der Waals surface area (Å²) in [7, 11) is 1.67. The normalized spacial score (nSPS) is 18.2. The van der Waals surface area contributed by atoms with Gasteiger partial charge in [0.1, 0.15) is 0 Å². The van der Waals surface area contributed by atoms with Crippen molar-refractivity contribution in [1.82, 2.24) is 25.0 Å². The molecule has 1 amide bonds. The number of nitrogens with one attached hydrogen (secondary N) is 1. The lowest BCUT2D eigenvalue weighted by Crippen LogP contribution is -2.39. The Bertz CT molecular complexity index is 610. The molecule has 0 aromatic carbocycles. The minimum absolute atomic E-state index is 0.0460. The zero-order chi connectivity index (χ0) is 14.7. The summed E-state index contributed by atoms with van der Waals surface area (Å²) >= 11 is 0. The van der Waals surface area contributed by atoms with Gasteiger partial charge in [-0.05, 0) is 17.7 Å². The summed E-state index contributed by atoms with van der Waals surface area (Å²) in [4.78, 5) is 18.2. The van der Waals surface area contributed by atoms with E-state index in [1.807, 2.05) is 23.0 Å². The molecule has 3 heterocycles. The SMILES string of the molecule is CNC(=O)C[C@@H]1CN(Cc2cccnc2)Cc2ccnn21. The van der Waals surface area contributed by atoms with Crippen LogP contribution in [0.15, 0.2) is 36.8 Å². The molecule has 0 saturated carbocycles. The maximum absolute atomic E-state index is 11.7. The molecule has 110 valence electrons. The molecule has 0 spiro atoms. The van der Waals surface area contributed by atoms with E-state index in [0.29, 0.717) is 6.42 Å². The maximum Gasteiger partial charge on any atom is 0.221 e. The predicted molar refractivity (Wildman–Crippen MR) is 78.3 cm³/mol. The molecule has 1 N–H and O–H groups in total. The van der Waals surface area contributed by atoms with Crippen molar-refractivity contribution in [3.63, 3.8) is 0 Å². The Balaban J connectivity index is 1.75. The third kappa shape index (κ3) is 3.11. The van der Waals surface area contributed by atoms with Crippen molar-refractivity contribution in [3.05, 3.63) is 48.0 Å². The Labute approximate surface area is 123 Å². The van der Waals surface area contributed by atoms with E-state index in [1.165, 1.54) is 5.56 Å². The quantitative estimate of drug-likeness (QED) is 0.909. The minimum atomic E-state index is 0.0460. The van der Waals surface area contributed by atoms with Gasteiger partial charge in [0.15, 0.2) is 0 Å². The highest BCUT2D eigenvalue weighted by atomic mass is 16.1. The van der Waals surface area contributed by atoms with Crippen LogP contribution in [0.4, 0.5) is 0 Å². The van der Waals surface area contributed by atoms with Gasteiger partial charge in [-0.15, -0.1) is 0 Å². The largest absolute Gasteiger partial charge is 0.359 e. The number of hydrogen-bond acceptors (Lipinski definition) is 4. The van der Waals surface area contributed by atoms with E-state index >= 15 is 0 Å². The monoisotopic (exact) mass is 285 g/mol. The van der Waals surface area contributed by atoms with Crippen LogP contribution in [0.5, 0.6) is 0 Å². The number of rotatable bonds is 4. The zero-order valence-corrected chi connectivity index (χ0v) is 12.1. The number of aromatic nitrogens is 3. The average Bonchev–Trinajstić information content (AvgIpc) is 2.97. The van der Waals surface area contributed by atoms with Gasteiger partial charge in [0.05, 0.1) is 18.2 Å². The summed E-state index contributed by atoms with van der Waals surface area (Å²) in [5.41, 5.74) is 2.34. The highest BCUT2D eigenvalue weighted by Gasteiger charge is 2.27. The topological polar surface area (TPSA) is 63.1 Å². The molecule has 0 bridgehead atoms. The van der Waals surface area contributed by atoms with Crippen LogP contribution in [0.2, 0.25) is 0 Å². The van der Waals surface area contributed by atoms with Gasteiger partial charge in [-0.2, -0.15) is 5.10 Å². The van der Waals surface area contributed by atoms with Gasteiger partial charge >= 0.3 is 0 Å². The second-order valence-corrected chi connectivity index (χ2v) is 5.33. The van der Waals surface area contributed by atoms with Crippen molar-refractivity contribution in [2.75, 3.05) is 13.6 Å². The molecule has 3 rings (SSSR count). The van der Waals surface area contributed by atoms with E-state index in [4.69, 9.17) is 0 Å². The minimum Gasteiger partial charge on any atom is -0.359 e. The molecule has 0 radical (unpaired) electrons. The highest BCUT2D eigenvalue weighted by Crippen LogP contribution is 2.24. The van der Waals surface area contributed by atoms with E-state index in [1.54, 1.807) is 19.4 Å². The first-order chi connectivity index (χ1) is 10.3. The Morgan fingerprint density at radius 2 is 2.33 bits per heavy atom. The smallest absolute Gasteiger partial charge is 0.221 e. The Morgan fingerprint density at radius 1 is 1.43 bits per heavy atom. The standard InChI is InChI=1S/C15H19N5O/c1-16-15(21)7-14-11-19(9-12-3-2-5-17-8-12)10-13-4-6-18-20(13)14/h2-6,8,14H,7,9-11H2,1H3,(H,16,21)/t14-/m1/s1. The van der Waals surface area contributed by atoms with Crippen LogP contribution in [-0.2, 0) is 17.9 Å². The van der Waals surface area contributed by atoms with E-state index in [9.17, 15) is 4.79 Å². The molecule has 6 heteroatoms. The predicted octanol–water partition coefficient (Wildman–Crippen LogP) is 0.971. The third-order valence-electron chi connectivity index (χ3n) is 3.78. The lowest BCUT2D eigenvalue weighted by atomic mass is 10.1. The summed E-state index contributed by atoms with van der Waals surface area (Å²) in [6, 6.07) is 6.13. The number of hydrogen-bond donors (Lipinski definition) is 1. The van der Waals surface area contributed by atoms with Gasteiger partial charge in [-0.3, -0.25) is 19.4 Å². The number of fused-ring (bicyclic) bond motifs is 1. The summed E-state index contributed by atoms with van der Waals surface area (Å²) in [5, 5.41) is 7.06. The van der Waals surface area contributed by atoms with Gasteiger partial charge in [0.2, 0.25) is 5.91 Å². The molecule has 1 aliphatic rings. The molecule has 0 fully saturated rings. The first-order valence-corrected chi connectivity index (χ1v) is 7.10. The molecule has 2 aromatic rings. The van der Waals surface area contributed by atoms with Crippen molar-refractivity contribution >= 4 is 5.91 Å². The van der Waals surface area contributed by atoms with Gasteiger partial charge in [-0.1, -0.05) is 6.07 Å². The van der Waals surface area contributed by atoms with Crippen LogP contribution in [0.3, 0.4) is 0 Å². The van der Waals surface area contributed by atoms with E-state index in [2.05, 4.69) is 26.4 Å². The molecule has 21 heavy (non-hydrogen) atoms. The number of amides is 1. The number of nitrogens with zero attached hydrogens (tertiary/aromatic N) is 4. The summed E-state index contributed by atoms with van der Waals surface area (Å²) in [5.74, 6) is 0.0460. The van der Waals surface area contributed by atoms with Crippen molar-refractivity contribution in [1.29, 1.82) is 0 Å². The van der Waals surface area contributed by atoms with Crippen LogP contribution < -0.4 is 5.32 Å². The average molecular weight is 285 g/mol. The van der Waals surface area contributed by atoms with Crippen LogP contribution >= 0.6 is 0 Å². The van der Waals surface area contributed by atoms with E-state index in [0.717, 1.165) is 25.3 Å². The first-order valence-electron chi connectivity index (χ1n) is 7.10. The summed E-state index contributed by atoms with van der Waals surface area (Å²) in [6.07, 6.45) is 5.93. The van der Waals surface area contributed by atoms with Gasteiger partial charge in [0.25, 0.3) is 0 Å². The Morgan fingerprint density at radius 3 is 3.10 bits per heavy atom. The fourth-order valence-electron chi connectivity index (χ4n) is 2.80. The van der Waals surface area contributed by atoms with Gasteiger partial charge in [-0.25, -0.2) is 0 Å². The molecule has 0 saturated heterocycles. The zero-order valence-electron chi connectivity index (χ0n) is 12.1. The molecule has 1 atom stereocenters. The summed E-state index contributed by atoms with van der Waals surface area (Å²) < 4.78 is 1.98.